The zero-order valence-corrected chi connectivity index (χ0v) is 12.7. The van der Waals surface area contributed by atoms with Crippen molar-refractivity contribution in [2.45, 2.75) is 57.6 Å². The van der Waals surface area contributed by atoms with E-state index in [4.69, 9.17) is 0 Å². The van der Waals surface area contributed by atoms with Crippen LogP contribution in [-0.4, -0.2) is 24.8 Å². The maximum atomic E-state index is 12.1. The van der Waals surface area contributed by atoms with E-state index in [2.05, 4.69) is 15.9 Å². The van der Waals surface area contributed by atoms with Gasteiger partial charge in [0.05, 0.1) is 11.0 Å². The number of halogens is 1. The quantitative estimate of drug-likeness (QED) is 0.588. The minimum Gasteiger partial charge on any atom is -0.229 e. The van der Waals surface area contributed by atoms with E-state index in [0.717, 1.165) is 18.2 Å². The van der Waals surface area contributed by atoms with Gasteiger partial charge in [0.25, 0.3) is 0 Å². The van der Waals surface area contributed by atoms with Gasteiger partial charge in [-0.2, -0.15) is 0 Å². The fourth-order valence-corrected chi connectivity index (χ4v) is 4.99. The van der Waals surface area contributed by atoms with Crippen molar-refractivity contribution in [3.63, 3.8) is 0 Å². The van der Waals surface area contributed by atoms with Gasteiger partial charge in [-0.1, -0.05) is 41.6 Å². The molecule has 0 N–H and O–H groups in total. The van der Waals surface area contributed by atoms with E-state index in [0.29, 0.717) is 5.75 Å². The lowest BCUT2D eigenvalue weighted by Gasteiger charge is -2.31. The van der Waals surface area contributed by atoms with Crippen molar-refractivity contribution in [2.75, 3.05) is 11.1 Å². The highest BCUT2D eigenvalue weighted by Crippen LogP contribution is 2.38. The molecule has 0 aliphatic heterocycles. The summed E-state index contributed by atoms with van der Waals surface area (Å²) in [6.07, 6.45) is 7.00. The molecule has 16 heavy (non-hydrogen) atoms. The van der Waals surface area contributed by atoms with Crippen LogP contribution < -0.4 is 0 Å². The van der Waals surface area contributed by atoms with Crippen molar-refractivity contribution in [3.8, 4) is 0 Å². The SMILES string of the molecule is CC(C)S(=O)(=O)CC1(CBr)CCCCCC1. The van der Waals surface area contributed by atoms with Crippen LogP contribution in [0.5, 0.6) is 0 Å². The van der Waals surface area contributed by atoms with Gasteiger partial charge in [-0.05, 0) is 32.1 Å². The average molecular weight is 311 g/mol. The summed E-state index contributed by atoms with van der Waals surface area (Å²) in [7, 11) is -2.91. The van der Waals surface area contributed by atoms with E-state index in [1.807, 2.05) is 0 Å². The first-order valence-corrected chi connectivity index (χ1v) is 9.03. The molecule has 0 atom stereocenters. The smallest absolute Gasteiger partial charge is 0.153 e. The fraction of sp³-hybridized carbons (Fsp3) is 1.00. The second-order valence-corrected chi connectivity index (χ2v) is 8.52. The molecule has 0 unspecified atom stereocenters. The summed E-state index contributed by atoms with van der Waals surface area (Å²) < 4.78 is 24.1. The summed E-state index contributed by atoms with van der Waals surface area (Å²) in [5.74, 6) is 0.364. The summed E-state index contributed by atoms with van der Waals surface area (Å²) in [6.45, 7) is 3.57. The Bertz CT molecular complexity index is 301. The van der Waals surface area contributed by atoms with Gasteiger partial charge in [0.15, 0.2) is 9.84 Å². The van der Waals surface area contributed by atoms with Crippen LogP contribution >= 0.6 is 15.9 Å². The Balaban J connectivity index is 2.80. The molecule has 2 nitrogen and oxygen atoms in total. The third-order valence-corrected chi connectivity index (χ3v) is 7.31. The van der Waals surface area contributed by atoms with E-state index in [-0.39, 0.29) is 10.7 Å². The van der Waals surface area contributed by atoms with Crippen LogP contribution in [-0.2, 0) is 9.84 Å². The Morgan fingerprint density at radius 3 is 2.00 bits per heavy atom. The highest BCUT2D eigenvalue weighted by Gasteiger charge is 2.35. The maximum Gasteiger partial charge on any atom is 0.153 e. The van der Waals surface area contributed by atoms with Crippen molar-refractivity contribution < 1.29 is 8.42 Å². The van der Waals surface area contributed by atoms with Gasteiger partial charge in [0.1, 0.15) is 0 Å². The molecular weight excluding hydrogens is 288 g/mol. The molecule has 0 aromatic rings. The predicted molar refractivity (Wildman–Crippen MR) is 72.9 cm³/mol. The topological polar surface area (TPSA) is 34.1 Å². The van der Waals surface area contributed by atoms with Gasteiger partial charge in [-0.15, -0.1) is 0 Å². The summed E-state index contributed by atoms with van der Waals surface area (Å²) in [4.78, 5) is 0. The molecule has 0 saturated heterocycles. The molecule has 0 amide bonds. The average Bonchev–Trinajstić information content (AvgIpc) is 2.43. The lowest BCUT2D eigenvalue weighted by molar-refractivity contribution is 0.326. The number of hydrogen-bond donors (Lipinski definition) is 0. The van der Waals surface area contributed by atoms with Gasteiger partial charge in [0, 0.05) is 5.33 Å². The van der Waals surface area contributed by atoms with Crippen LogP contribution in [0.15, 0.2) is 0 Å². The molecule has 0 aromatic heterocycles. The van der Waals surface area contributed by atoms with E-state index >= 15 is 0 Å². The minimum atomic E-state index is -2.91. The normalized spacial score (nSPS) is 22.0. The summed E-state index contributed by atoms with van der Waals surface area (Å²) in [6, 6.07) is 0. The van der Waals surface area contributed by atoms with E-state index in [1.54, 1.807) is 13.8 Å². The van der Waals surface area contributed by atoms with Gasteiger partial charge in [0.2, 0.25) is 0 Å². The van der Waals surface area contributed by atoms with Crippen LogP contribution in [0.2, 0.25) is 0 Å². The predicted octanol–water partition coefficient (Wildman–Crippen LogP) is 3.55. The molecule has 1 fully saturated rings. The standard InChI is InChI=1S/C12H23BrO2S/c1-11(2)16(14,15)10-12(9-13)7-5-3-4-6-8-12/h11H,3-10H2,1-2H3. The lowest BCUT2D eigenvalue weighted by atomic mass is 9.85. The summed E-state index contributed by atoms with van der Waals surface area (Å²) in [5.41, 5.74) is -0.000394. The first kappa shape index (κ1) is 14.5. The molecule has 0 radical (unpaired) electrons. The van der Waals surface area contributed by atoms with E-state index < -0.39 is 9.84 Å². The van der Waals surface area contributed by atoms with Crippen molar-refractivity contribution in [1.82, 2.24) is 0 Å². The molecule has 4 heteroatoms. The Morgan fingerprint density at radius 2 is 1.62 bits per heavy atom. The monoisotopic (exact) mass is 310 g/mol. The molecule has 0 bridgehead atoms. The molecule has 0 spiro atoms. The Morgan fingerprint density at radius 1 is 1.12 bits per heavy atom. The molecule has 1 aliphatic carbocycles. The number of alkyl halides is 1. The van der Waals surface area contributed by atoms with E-state index in [1.165, 1.54) is 25.7 Å². The van der Waals surface area contributed by atoms with Crippen molar-refractivity contribution in [3.05, 3.63) is 0 Å². The van der Waals surface area contributed by atoms with Crippen LogP contribution in [0.4, 0.5) is 0 Å². The molecule has 1 rings (SSSR count). The minimum absolute atomic E-state index is 0.000394. The summed E-state index contributed by atoms with van der Waals surface area (Å²) >= 11 is 3.54. The highest BCUT2D eigenvalue weighted by atomic mass is 79.9. The zero-order valence-electron chi connectivity index (χ0n) is 10.3. The molecule has 0 aromatic carbocycles. The van der Waals surface area contributed by atoms with Gasteiger partial charge in [-0.25, -0.2) is 8.42 Å². The third kappa shape index (κ3) is 3.73. The second-order valence-electron chi connectivity index (χ2n) is 5.40. The summed E-state index contributed by atoms with van der Waals surface area (Å²) in [5, 5.41) is 0.582. The van der Waals surface area contributed by atoms with Crippen molar-refractivity contribution in [2.24, 2.45) is 5.41 Å². The molecule has 96 valence electrons. The molecule has 0 heterocycles. The van der Waals surface area contributed by atoms with Gasteiger partial charge >= 0.3 is 0 Å². The molecular formula is C12H23BrO2S. The zero-order chi connectivity index (χ0) is 12.2. The Labute approximate surface area is 108 Å². The maximum absolute atomic E-state index is 12.1. The Hall–Kier alpha value is 0.430. The lowest BCUT2D eigenvalue weighted by Crippen LogP contribution is -2.34. The fourth-order valence-electron chi connectivity index (χ4n) is 2.39. The van der Waals surface area contributed by atoms with Gasteiger partial charge in [-0.3, -0.25) is 0 Å². The number of sulfone groups is 1. The third-order valence-electron chi connectivity index (χ3n) is 3.67. The highest BCUT2D eigenvalue weighted by molar-refractivity contribution is 9.09. The first-order chi connectivity index (χ1) is 7.42. The van der Waals surface area contributed by atoms with Crippen LogP contribution in [0.3, 0.4) is 0 Å². The van der Waals surface area contributed by atoms with Crippen LogP contribution in [0.25, 0.3) is 0 Å². The second kappa shape index (κ2) is 5.85. The number of rotatable bonds is 4. The largest absolute Gasteiger partial charge is 0.229 e. The first-order valence-electron chi connectivity index (χ1n) is 6.19. The van der Waals surface area contributed by atoms with Crippen LogP contribution in [0, 0.1) is 5.41 Å². The van der Waals surface area contributed by atoms with Gasteiger partial charge < -0.3 is 0 Å². The van der Waals surface area contributed by atoms with Crippen molar-refractivity contribution in [1.29, 1.82) is 0 Å². The Kier molecular flexibility index (Phi) is 5.30. The van der Waals surface area contributed by atoms with Crippen LogP contribution in [0.1, 0.15) is 52.4 Å². The molecule has 1 saturated carbocycles. The number of hydrogen-bond acceptors (Lipinski definition) is 2. The molecule has 1 aliphatic rings. The van der Waals surface area contributed by atoms with Crippen molar-refractivity contribution >= 4 is 25.8 Å². The van der Waals surface area contributed by atoms with E-state index in [9.17, 15) is 8.42 Å².